The number of nitrogens with zero attached hydrogens (tertiary/aromatic N) is 1. The first-order valence-corrected chi connectivity index (χ1v) is 5.25. The van der Waals surface area contributed by atoms with E-state index in [-0.39, 0.29) is 5.91 Å². The largest absolute Gasteiger partial charge is 0.481 e. The summed E-state index contributed by atoms with van der Waals surface area (Å²) in [5.41, 5.74) is 2.74. The molecule has 1 rings (SSSR count). The number of nitrogens with one attached hydrogen (secondary N) is 1. The van der Waals surface area contributed by atoms with Gasteiger partial charge in [-0.3, -0.25) is 9.63 Å². The van der Waals surface area contributed by atoms with Crippen LogP contribution >= 0.6 is 0 Å². The van der Waals surface area contributed by atoms with Gasteiger partial charge in [0, 0.05) is 0 Å². The molecule has 0 aliphatic rings. The van der Waals surface area contributed by atoms with Crippen molar-refractivity contribution in [2.45, 2.75) is 20.0 Å². The summed E-state index contributed by atoms with van der Waals surface area (Å²) in [6, 6.07) is 8.62. The zero-order valence-electron chi connectivity index (χ0n) is 9.77. The lowest BCUT2D eigenvalue weighted by molar-refractivity contribution is -0.139. The highest BCUT2D eigenvalue weighted by Gasteiger charge is 2.14. The van der Waals surface area contributed by atoms with Crippen LogP contribution in [0.25, 0.3) is 0 Å². The minimum atomic E-state index is -0.685. The van der Waals surface area contributed by atoms with Gasteiger partial charge in [-0.05, 0) is 32.0 Å². The van der Waals surface area contributed by atoms with E-state index in [9.17, 15) is 4.79 Å². The maximum atomic E-state index is 11.4. The van der Waals surface area contributed by atoms with Crippen molar-refractivity contribution in [1.29, 1.82) is 5.26 Å². The molecule has 0 saturated heterocycles. The normalized spacial score (nSPS) is 11.4. The Kier molecular flexibility index (Phi) is 4.98. The molecule has 0 fully saturated rings. The molecule has 1 aromatic rings. The van der Waals surface area contributed by atoms with Crippen molar-refractivity contribution in [3.05, 3.63) is 29.8 Å². The van der Waals surface area contributed by atoms with Crippen LogP contribution in [0.15, 0.2) is 24.3 Å². The van der Waals surface area contributed by atoms with E-state index >= 15 is 0 Å². The lowest BCUT2D eigenvalue weighted by Gasteiger charge is -2.14. The Bertz CT molecular complexity index is 426. The van der Waals surface area contributed by atoms with E-state index in [1.54, 1.807) is 38.1 Å². The first kappa shape index (κ1) is 13.0. The monoisotopic (exact) mass is 234 g/mol. The average Bonchev–Trinajstić information content (AvgIpc) is 2.36. The van der Waals surface area contributed by atoms with Gasteiger partial charge in [0.2, 0.25) is 0 Å². The summed E-state index contributed by atoms with van der Waals surface area (Å²) in [5.74, 6) is 0.109. The molecule has 0 aliphatic heterocycles. The van der Waals surface area contributed by atoms with E-state index in [1.807, 2.05) is 6.07 Å². The molecule has 0 spiro atoms. The maximum Gasteiger partial charge on any atom is 0.284 e. The molecule has 0 radical (unpaired) electrons. The number of benzene rings is 1. The second kappa shape index (κ2) is 6.51. The van der Waals surface area contributed by atoms with Gasteiger partial charge in [-0.1, -0.05) is 6.07 Å². The number of rotatable bonds is 5. The average molecular weight is 234 g/mol. The van der Waals surface area contributed by atoms with Gasteiger partial charge in [0.15, 0.2) is 6.10 Å². The van der Waals surface area contributed by atoms with Crippen LogP contribution in [-0.2, 0) is 9.63 Å². The van der Waals surface area contributed by atoms with E-state index < -0.39 is 6.10 Å². The molecule has 0 bridgehead atoms. The van der Waals surface area contributed by atoms with Crippen LogP contribution in [0.3, 0.4) is 0 Å². The molecule has 0 unspecified atom stereocenters. The smallest absolute Gasteiger partial charge is 0.284 e. The second-order valence-electron chi connectivity index (χ2n) is 3.30. The molecule has 1 amide bonds. The van der Waals surface area contributed by atoms with Crippen LogP contribution in [0.4, 0.5) is 0 Å². The number of hydrogen-bond donors (Lipinski definition) is 1. The highest BCUT2D eigenvalue weighted by atomic mass is 16.7. The van der Waals surface area contributed by atoms with Crippen molar-refractivity contribution in [3.8, 4) is 11.8 Å². The number of amides is 1. The highest BCUT2D eigenvalue weighted by molar-refractivity contribution is 5.79. The first-order chi connectivity index (χ1) is 8.17. The third kappa shape index (κ3) is 4.13. The van der Waals surface area contributed by atoms with Crippen LogP contribution < -0.4 is 10.2 Å². The summed E-state index contributed by atoms with van der Waals surface area (Å²) in [7, 11) is 0. The number of hydrogen-bond acceptors (Lipinski definition) is 4. The van der Waals surface area contributed by atoms with Crippen molar-refractivity contribution in [3.63, 3.8) is 0 Å². The van der Waals surface area contributed by atoms with Gasteiger partial charge in [-0.25, -0.2) is 5.48 Å². The predicted octanol–water partition coefficient (Wildman–Crippen LogP) is 1.39. The van der Waals surface area contributed by atoms with E-state index in [2.05, 4.69) is 5.48 Å². The predicted molar refractivity (Wildman–Crippen MR) is 61.0 cm³/mol. The lowest BCUT2D eigenvalue weighted by Crippen LogP contribution is -2.36. The van der Waals surface area contributed by atoms with Gasteiger partial charge in [0.05, 0.1) is 18.2 Å². The number of nitriles is 1. The quantitative estimate of drug-likeness (QED) is 0.781. The Morgan fingerprint density at radius 2 is 2.35 bits per heavy atom. The number of hydroxylamine groups is 1. The van der Waals surface area contributed by atoms with Crippen LogP contribution in [0.5, 0.6) is 5.75 Å². The van der Waals surface area contributed by atoms with Crippen molar-refractivity contribution in [1.82, 2.24) is 5.48 Å². The molecule has 17 heavy (non-hydrogen) atoms. The van der Waals surface area contributed by atoms with Crippen molar-refractivity contribution >= 4 is 5.91 Å². The minimum Gasteiger partial charge on any atom is -0.481 e. The Morgan fingerprint density at radius 1 is 1.59 bits per heavy atom. The zero-order valence-corrected chi connectivity index (χ0v) is 9.77. The van der Waals surface area contributed by atoms with Crippen molar-refractivity contribution in [2.75, 3.05) is 6.61 Å². The molecule has 1 N–H and O–H groups in total. The van der Waals surface area contributed by atoms with Gasteiger partial charge >= 0.3 is 0 Å². The summed E-state index contributed by atoms with van der Waals surface area (Å²) in [6.45, 7) is 3.76. The number of carbonyl (C=O) groups excluding carboxylic acids is 1. The number of carbonyl (C=O) groups is 1. The second-order valence-corrected chi connectivity index (χ2v) is 3.30. The number of ether oxygens (including phenoxy) is 1. The summed E-state index contributed by atoms with van der Waals surface area (Å²) in [4.78, 5) is 16.2. The van der Waals surface area contributed by atoms with Crippen LogP contribution in [-0.4, -0.2) is 18.6 Å². The van der Waals surface area contributed by atoms with Crippen LogP contribution in [0.1, 0.15) is 19.4 Å². The van der Waals surface area contributed by atoms with Crippen molar-refractivity contribution < 1.29 is 14.4 Å². The van der Waals surface area contributed by atoms with E-state index in [0.717, 1.165) is 0 Å². The highest BCUT2D eigenvalue weighted by Crippen LogP contribution is 2.14. The van der Waals surface area contributed by atoms with Gasteiger partial charge in [-0.15, -0.1) is 0 Å². The Hall–Kier alpha value is -2.06. The summed E-state index contributed by atoms with van der Waals surface area (Å²) < 4.78 is 5.37. The summed E-state index contributed by atoms with van der Waals surface area (Å²) >= 11 is 0. The Labute approximate surface area is 99.9 Å². The van der Waals surface area contributed by atoms with E-state index in [4.69, 9.17) is 14.8 Å². The lowest BCUT2D eigenvalue weighted by atomic mass is 10.2. The molecule has 0 aromatic heterocycles. The molecular weight excluding hydrogens is 220 g/mol. The summed E-state index contributed by atoms with van der Waals surface area (Å²) in [6.07, 6.45) is -0.685. The topological polar surface area (TPSA) is 71.3 Å². The first-order valence-electron chi connectivity index (χ1n) is 5.25. The Morgan fingerprint density at radius 3 is 3.00 bits per heavy atom. The van der Waals surface area contributed by atoms with E-state index in [0.29, 0.717) is 17.9 Å². The molecular formula is C12H14N2O3. The fourth-order valence-corrected chi connectivity index (χ4v) is 1.12. The molecule has 5 nitrogen and oxygen atoms in total. The molecule has 1 atom stereocenters. The SMILES string of the molecule is CCONC(=O)[C@@H](C)Oc1cccc(C#N)c1. The molecule has 90 valence electrons. The fraction of sp³-hybridized carbons (Fsp3) is 0.333. The molecule has 1 aromatic carbocycles. The van der Waals surface area contributed by atoms with Gasteiger partial charge < -0.3 is 4.74 Å². The maximum absolute atomic E-state index is 11.4. The van der Waals surface area contributed by atoms with Gasteiger partial charge in [-0.2, -0.15) is 5.26 Å². The fourth-order valence-electron chi connectivity index (χ4n) is 1.12. The van der Waals surface area contributed by atoms with Gasteiger partial charge in [0.25, 0.3) is 5.91 Å². The molecule has 5 heteroatoms. The minimum absolute atomic E-state index is 0.366. The third-order valence-corrected chi connectivity index (χ3v) is 1.96. The molecule has 0 saturated carbocycles. The van der Waals surface area contributed by atoms with Crippen LogP contribution in [0.2, 0.25) is 0 Å². The van der Waals surface area contributed by atoms with Crippen molar-refractivity contribution in [2.24, 2.45) is 0 Å². The van der Waals surface area contributed by atoms with E-state index in [1.165, 1.54) is 0 Å². The Balaban J connectivity index is 2.58. The molecule has 0 aliphatic carbocycles. The summed E-state index contributed by atoms with van der Waals surface area (Å²) in [5, 5.41) is 8.72. The molecule has 0 heterocycles. The standard InChI is InChI=1S/C12H14N2O3/c1-3-16-14-12(15)9(2)17-11-6-4-5-10(7-11)8-13/h4-7,9H,3H2,1-2H3,(H,14,15)/t9-/m1/s1. The third-order valence-electron chi connectivity index (χ3n) is 1.96. The van der Waals surface area contributed by atoms with Crippen LogP contribution in [0, 0.1) is 11.3 Å². The zero-order chi connectivity index (χ0) is 12.7. The van der Waals surface area contributed by atoms with Gasteiger partial charge in [0.1, 0.15) is 5.75 Å².